The van der Waals surface area contributed by atoms with Gasteiger partial charge in [-0.3, -0.25) is 14.6 Å². The first-order chi connectivity index (χ1) is 14.1. The first-order valence-corrected chi connectivity index (χ1v) is 10.7. The van der Waals surface area contributed by atoms with Crippen molar-refractivity contribution < 1.29 is 9.48 Å². The summed E-state index contributed by atoms with van der Waals surface area (Å²) in [4.78, 5) is 30.5. The van der Waals surface area contributed by atoms with Gasteiger partial charge in [0, 0.05) is 23.3 Å². The number of thioether (sulfide) groups is 1. The molecule has 6 nitrogen and oxygen atoms in total. The van der Waals surface area contributed by atoms with Gasteiger partial charge in [-0.1, -0.05) is 67.6 Å². The lowest BCUT2D eigenvalue weighted by atomic mass is 10.0. The molecule has 1 amide bonds. The Morgan fingerprint density at radius 2 is 1.90 bits per heavy atom. The molecule has 2 aromatic carbocycles. The van der Waals surface area contributed by atoms with E-state index in [4.69, 9.17) is 5.10 Å². The minimum absolute atomic E-state index is 0.105. The Balaban J connectivity index is 1.96. The third kappa shape index (κ3) is 3.58. The lowest BCUT2D eigenvalue weighted by Gasteiger charge is -2.31. The highest BCUT2D eigenvalue weighted by atomic mass is 32.2. The number of aromatic amines is 1. The van der Waals surface area contributed by atoms with Gasteiger partial charge >= 0.3 is 11.3 Å². The van der Waals surface area contributed by atoms with E-state index in [9.17, 15) is 9.59 Å². The number of benzene rings is 2. The summed E-state index contributed by atoms with van der Waals surface area (Å²) in [6.07, 6.45) is 1.60. The van der Waals surface area contributed by atoms with Crippen molar-refractivity contribution in [3.05, 3.63) is 70.5 Å². The average Bonchev–Trinajstić information content (AvgIpc) is 2.73. The van der Waals surface area contributed by atoms with Crippen molar-refractivity contribution in [2.45, 2.75) is 38.0 Å². The third-order valence-corrected chi connectivity index (χ3v) is 5.88. The molecule has 1 atom stereocenters. The quantitative estimate of drug-likeness (QED) is 0.399. The molecule has 0 fully saturated rings. The third-order valence-electron chi connectivity index (χ3n) is 4.93. The highest BCUT2D eigenvalue weighted by Gasteiger charge is 2.44. The standard InChI is InChI=1S/C22H22N4O2S/c1-3-4-14-29-22-23-20(28)19-17-12-8-9-13-18(17)25(15(2)27)21(26(19)24-22)16-10-6-5-7-11-16/h5-13,21H,3-4,14H2,1-2H3/p+1/t21-/m0/s1. The Labute approximate surface area is 173 Å². The number of carbonyl (C=O) groups excluding carboxylic acids is 1. The topological polar surface area (TPSA) is 69.9 Å². The number of anilines is 1. The number of unbranched alkanes of at least 4 members (excludes halogenated alkanes) is 1. The smallest absolute Gasteiger partial charge is 0.291 e. The molecule has 0 spiro atoms. The summed E-state index contributed by atoms with van der Waals surface area (Å²) >= 11 is 1.53. The van der Waals surface area contributed by atoms with Crippen LogP contribution >= 0.6 is 11.8 Å². The second-order valence-corrected chi connectivity index (χ2v) is 8.03. The zero-order chi connectivity index (χ0) is 20.4. The molecule has 1 aromatic heterocycles. The van der Waals surface area contributed by atoms with Gasteiger partial charge in [0.2, 0.25) is 11.1 Å². The summed E-state index contributed by atoms with van der Waals surface area (Å²) in [5, 5.41) is 5.33. The monoisotopic (exact) mass is 407 g/mol. The minimum atomic E-state index is -0.522. The molecule has 1 aliphatic rings. The molecule has 7 heteroatoms. The predicted molar refractivity (Wildman–Crippen MR) is 114 cm³/mol. The second kappa shape index (κ2) is 8.21. The van der Waals surface area contributed by atoms with Crippen molar-refractivity contribution >= 4 is 23.4 Å². The fraction of sp³-hybridized carbons (Fsp3) is 0.273. The molecule has 1 N–H and O–H groups in total. The van der Waals surface area contributed by atoms with Crippen molar-refractivity contribution in [3.8, 4) is 11.3 Å². The Morgan fingerprint density at radius 1 is 1.17 bits per heavy atom. The van der Waals surface area contributed by atoms with E-state index in [1.54, 1.807) is 16.5 Å². The number of para-hydroxylation sites is 1. The van der Waals surface area contributed by atoms with E-state index in [1.165, 1.54) is 11.8 Å². The van der Waals surface area contributed by atoms with E-state index < -0.39 is 6.17 Å². The van der Waals surface area contributed by atoms with E-state index in [2.05, 4.69) is 11.9 Å². The van der Waals surface area contributed by atoms with E-state index in [1.807, 2.05) is 54.6 Å². The molecule has 0 saturated heterocycles. The summed E-state index contributed by atoms with van der Waals surface area (Å²) < 4.78 is 1.70. The summed E-state index contributed by atoms with van der Waals surface area (Å²) in [6.45, 7) is 3.67. The Hall–Kier alpha value is -2.93. The molecule has 0 radical (unpaired) electrons. The van der Waals surface area contributed by atoms with Gasteiger partial charge in [-0.05, 0) is 23.2 Å². The van der Waals surface area contributed by atoms with Crippen LogP contribution in [0.15, 0.2) is 64.5 Å². The molecule has 0 saturated carbocycles. The van der Waals surface area contributed by atoms with Crippen LogP contribution in [0.4, 0.5) is 5.69 Å². The van der Waals surface area contributed by atoms with Crippen LogP contribution in [0.5, 0.6) is 0 Å². The average molecular weight is 408 g/mol. The van der Waals surface area contributed by atoms with Gasteiger partial charge < -0.3 is 0 Å². The Morgan fingerprint density at radius 3 is 2.62 bits per heavy atom. The number of H-pyrrole nitrogens is 1. The highest BCUT2D eigenvalue weighted by Crippen LogP contribution is 2.37. The number of rotatable bonds is 5. The van der Waals surface area contributed by atoms with Crippen molar-refractivity contribution in [1.82, 2.24) is 10.1 Å². The largest absolute Gasteiger partial charge is 0.325 e. The second-order valence-electron chi connectivity index (χ2n) is 6.94. The van der Waals surface area contributed by atoms with Crippen LogP contribution in [0, 0.1) is 0 Å². The van der Waals surface area contributed by atoms with E-state index >= 15 is 0 Å². The van der Waals surface area contributed by atoms with E-state index in [-0.39, 0.29) is 11.5 Å². The van der Waals surface area contributed by atoms with Crippen LogP contribution < -0.4 is 15.1 Å². The van der Waals surface area contributed by atoms with Gasteiger partial charge in [-0.15, -0.1) is 0 Å². The maximum atomic E-state index is 13.1. The normalized spacial score (nSPS) is 15.0. The number of fused-ring (bicyclic) bond motifs is 3. The Kier molecular flexibility index (Phi) is 5.49. The maximum absolute atomic E-state index is 13.1. The van der Waals surface area contributed by atoms with Crippen LogP contribution in [0.25, 0.3) is 11.3 Å². The number of nitrogens with one attached hydrogen (secondary N) is 1. The van der Waals surface area contributed by atoms with E-state index in [0.717, 1.165) is 24.2 Å². The van der Waals surface area contributed by atoms with Gasteiger partial charge in [-0.25, -0.2) is 4.90 Å². The molecule has 29 heavy (non-hydrogen) atoms. The molecule has 3 aromatic rings. The summed E-state index contributed by atoms with van der Waals surface area (Å²) in [6, 6.07) is 17.2. The molecule has 0 aliphatic carbocycles. The minimum Gasteiger partial charge on any atom is -0.291 e. The number of hydrogen-bond donors (Lipinski definition) is 1. The first-order valence-electron chi connectivity index (χ1n) is 9.75. The van der Waals surface area contributed by atoms with Crippen LogP contribution in [0.1, 0.15) is 38.4 Å². The van der Waals surface area contributed by atoms with E-state index in [0.29, 0.717) is 22.1 Å². The van der Waals surface area contributed by atoms with Gasteiger partial charge in [0.1, 0.15) is 0 Å². The maximum Gasteiger partial charge on any atom is 0.325 e. The highest BCUT2D eigenvalue weighted by molar-refractivity contribution is 7.99. The molecule has 148 valence electrons. The molecular weight excluding hydrogens is 384 g/mol. The van der Waals surface area contributed by atoms with Gasteiger partial charge in [0.25, 0.3) is 6.17 Å². The predicted octanol–water partition coefficient (Wildman–Crippen LogP) is 3.53. The number of carbonyl (C=O) groups is 1. The fourth-order valence-electron chi connectivity index (χ4n) is 3.62. The lowest BCUT2D eigenvalue weighted by molar-refractivity contribution is -0.763. The van der Waals surface area contributed by atoms with Crippen molar-refractivity contribution in [2.24, 2.45) is 0 Å². The number of aromatic nitrogens is 3. The van der Waals surface area contributed by atoms with Crippen LogP contribution in [-0.4, -0.2) is 21.7 Å². The fourth-order valence-corrected chi connectivity index (χ4v) is 4.55. The number of nitrogens with zero attached hydrogens (tertiary/aromatic N) is 3. The van der Waals surface area contributed by atoms with Gasteiger partial charge in [0.05, 0.1) is 11.3 Å². The van der Waals surface area contributed by atoms with Crippen molar-refractivity contribution in [2.75, 3.05) is 10.7 Å². The molecule has 0 bridgehead atoms. The molecule has 0 unspecified atom stereocenters. The van der Waals surface area contributed by atoms with Gasteiger partial charge in [0.15, 0.2) is 0 Å². The number of hydrogen-bond acceptors (Lipinski definition) is 4. The number of amides is 1. The summed E-state index contributed by atoms with van der Waals surface area (Å²) in [5.41, 5.74) is 2.58. The SMILES string of the molecule is CCCCSc1n[n+]2c(c(=O)[nH]1)-c1ccccc1N(C(C)=O)[C@@H]2c1ccccc1. The summed E-state index contributed by atoms with van der Waals surface area (Å²) in [7, 11) is 0. The molecule has 2 heterocycles. The molecule has 4 rings (SSSR count). The van der Waals surface area contributed by atoms with Crippen LogP contribution in [-0.2, 0) is 4.79 Å². The Bertz CT molecular complexity index is 1100. The van der Waals surface area contributed by atoms with Crippen LogP contribution in [0.3, 0.4) is 0 Å². The zero-order valence-corrected chi connectivity index (χ0v) is 17.3. The summed E-state index contributed by atoms with van der Waals surface area (Å²) in [5.74, 6) is 0.772. The lowest BCUT2D eigenvalue weighted by Crippen LogP contribution is -2.60. The molecular formula is C22H23N4O2S+. The van der Waals surface area contributed by atoms with Crippen LogP contribution in [0.2, 0.25) is 0 Å². The van der Waals surface area contributed by atoms with Crippen molar-refractivity contribution in [1.29, 1.82) is 0 Å². The first kappa shape index (κ1) is 19.4. The van der Waals surface area contributed by atoms with Gasteiger partial charge in [-0.2, -0.15) is 0 Å². The zero-order valence-electron chi connectivity index (χ0n) is 16.5. The molecule has 1 aliphatic heterocycles. The van der Waals surface area contributed by atoms with Crippen molar-refractivity contribution in [3.63, 3.8) is 0 Å².